The second-order valence-corrected chi connectivity index (χ2v) is 4.20. The number of carboxylic acid groups (broad SMARTS) is 1. The van der Waals surface area contributed by atoms with Crippen LogP contribution >= 0.6 is 0 Å². The van der Waals surface area contributed by atoms with Crippen LogP contribution < -0.4 is 19.5 Å². The van der Waals surface area contributed by atoms with Crippen LogP contribution in [-0.4, -0.2) is 31.0 Å². The molecule has 2 N–H and O–H groups in total. The first-order valence-electron chi connectivity index (χ1n) is 6.12. The molecular formula is C13H17NO5. The fraction of sp³-hybridized carbons (Fsp3) is 0.462. The van der Waals surface area contributed by atoms with Gasteiger partial charge in [-0.25, -0.2) is 4.79 Å². The predicted octanol–water partition coefficient (Wildman–Crippen LogP) is 1.38. The predicted molar refractivity (Wildman–Crippen MR) is 67.7 cm³/mol. The third-order valence-corrected chi connectivity index (χ3v) is 2.84. The molecular weight excluding hydrogens is 250 g/mol. The monoisotopic (exact) mass is 267 g/mol. The summed E-state index contributed by atoms with van der Waals surface area (Å²) in [6.45, 7) is 2.50. The van der Waals surface area contributed by atoms with Crippen molar-refractivity contribution in [2.24, 2.45) is 0 Å². The lowest BCUT2D eigenvalue weighted by atomic mass is 10.1. The highest BCUT2D eigenvalue weighted by Gasteiger charge is 2.22. The lowest BCUT2D eigenvalue weighted by Gasteiger charge is -2.17. The highest BCUT2D eigenvalue weighted by molar-refractivity contribution is 5.72. The Morgan fingerprint density at radius 1 is 1.47 bits per heavy atom. The molecule has 1 unspecified atom stereocenters. The third kappa shape index (κ3) is 2.90. The van der Waals surface area contributed by atoms with E-state index in [0.29, 0.717) is 30.2 Å². The maximum atomic E-state index is 11.0. The molecule has 0 amide bonds. The third-order valence-electron chi connectivity index (χ3n) is 2.84. The Morgan fingerprint density at radius 3 is 2.74 bits per heavy atom. The Balaban J connectivity index is 2.29. The highest BCUT2D eigenvalue weighted by atomic mass is 16.7. The largest absolute Gasteiger partial charge is 0.479 e. The topological polar surface area (TPSA) is 77.0 Å². The Morgan fingerprint density at radius 2 is 2.16 bits per heavy atom. The number of aliphatic carboxylic acids is 1. The zero-order valence-electron chi connectivity index (χ0n) is 10.9. The normalized spacial score (nSPS) is 14.2. The minimum absolute atomic E-state index is 0.175. The number of nitrogens with one attached hydrogen (secondary N) is 1. The molecule has 1 atom stereocenters. The molecule has 0 fully saturated rings. The van der Waals surface area contributed by atoms with E-state index >= 15 is 0 Å². The van der Waals surface area contributed by atoms with E-state index in [1.807, 2.05) is 13.1 Å². The van der Waals surface area contributed by atoms with Crippen LogP contribution in [0.2, 0.25) is 0 Å². The quantitative estimate of drug-likeness (QED) is 0.810. The average molecular weight is 267 g/mol. The summed E-state index contributed by atoms with van der Waals surface area (Å²) in [7, 11) is 1.81. The molecule has 1 aliphatic heterocycles. The van der Waals surface area contributed by atoms with Crippen LogP contribution in [0.4, 0.5) is 0 Å². The van der Waals surface area contributed by atoms with E-state index in [0.717, 1.165) is 5.56 Å². The van der Waals surface area contributed by atoms with Crippen molar-refractivity contribution >= 4 is 5.97 Å². The van der Waals surface area contributed by atoms with Crippen LogP contribution in [0.25, 0.3) is 0 Å². The van der Waals surface area contributed by atoms with E-state index in [9.17, 15) is 4.79 Å². The van der Waals surface area contributed by atoms with Crippen molar-refractivity contribution in [2.75, 3.05) is 13.8 Å². The maximum absolute atomic E-state index is 11.0. The van der Waals surface area contributed by atoms with E-state index in [4.69, 9.17) is 19.3 Å². The molecule has 0 aliphatic carbocycles. The van der Waals surface area contributed by atoms with Crippen LogP contribution in [0.5, 0.6) is 17.2 Å². The fourth-order valence-electron chi connectivity index (χ4n) is 1.87. The maximum Gasteiger partial charge on any atom is 0.344 e. The van der Waals surface area contributed by atoms with E-state index < -0.39 is 12.1 Å². The van der Waals surface area contributed by atoms with Gasteiger partial charge in [0.1, 0.15) is 5.75 Å². The second kappa shape index (κ2) is 5.79. The lowest BCUT2D eigenvalue weighted by Crippen LogP contribution is -2.26. The molecule has 6 nitrogen and oxygen atoms in total. The van der Waals surface area contributed by atoms with Crippen molar-refractivity contribution in [1.29, 1.82) is 0 Å². The van der Waals surface area contributed by atoms with Gasteiger partial charge in [-0.3, -0.25) is 0 Å². The minimum Gasteiger partial charge on any atom is -0.479 e. The Bertz CT molecular complexity index is 474. The molecule has 1 aromatic rings. The summed E-state index contributed by atoms with van der Waals surface area (Å²) in [5.41, 5.74) is 0.839. The van der Waals surface area contributed by atoms with Gasteiger partial charge in [0.15, 0.2) is 17.6 Å². The molecule has 0 saturated carbocycles. The van der Waals surface area contributed by atoms with Crippen LogP contribution in [0, 0.1) is 0 Å². The van der Waals surface area contributed by atoms with Gasteiger partial charge in [-0.2, -0.15) is 0 Å². The van der Waals surface area contributed by atoms with E-state index in [1.165, 1.54) is 0 Å². The molecule has 0 radical (unpaired) electrons. The van der Waals surface area contributed by atoms with E-state index in [2.05, 4.69) is 5.32 Å². The van der Waals surface area contributed by atoms with Crippen molar-refractivity contribution in [2.45, 2.75) is 26.0 Å². The fourth-order valence-corrected chi connectivity index (χ4v) is 1.87. The van der Waals surface area contributed by atoms with Crippen LogP contribution in [0.3, 0.4) is 0 Å². The molecule has 0 aromatic heterocycles. The smallest absolute Gasteiger partial charge is 0.344 e. The number of rotatable bonds is 6. The summed E-state index contributed by atoms with van der Waals surface area (Å²) in [6.07, 6.45) is -0.473. The van der Waals surface area contributed by atoms with E-state index in [-0.39, 0.29) is 6.79 Å². The average Bonchev–Trinajstić information content (AvgIpc) is 2.82. The summed E-state index contributed by atoms with van der Waals surface area (Å²) in [4.78, 5) is 11.0. The first-order chi connectivity index (χ1) is 9.15. The SMILES string of the molecule is CCC(Oc1cc2c(cc1CNC)OCO2)C(=O)O. The van der Waals surface area contributed by atoms with Gasteiger partial charge in [-0.1, -0.05) is 6.92 Å². The summed E-state index contributed by atoms with van der Waals surface area (Å²) >= 11 is 0. The molecule has 1 aromatic carbocycles. The molecule has 104 valence electrons. The Labute approximate surface area is 111 Å². The molecule has 0 saturated heterocycles. The number of benzene rings is 1. The minimum atomic E-state index is -0.976. The van der Waals surface area contributed by atoms with Crippen LogP contribution in [-0.2, 0) is 11.3 Å². The number of fused-ring (bicyclic) bond motifs is 1. The number of hydrogen-bond acceptors (Lipinski definition) is 5. The zero-order valence-corrected chi connectivity index (χ0v) is 10.9. The van der Waals surface area contributed by atoms with Gasteiger partial charge in [-0.15, -0.1) is 0 Å². The van der Waals surface area contributed by atoms with Crippen LogP contribution in [0.15, 0.2) is 12.1 Å². The lowest BCUT2D eigenvalue weighted by molar-refractivity contribution is -0.145. The molecule has 2 rings (SSSR count). The molecule has 6 heteroatoms. The molecule has 19 heavy (non-hydrogen) atoms. The van der Waals surface area contributed by atoms with Crippen molar-refractivity contribution in [3.8, 4) is 17.2 Å². The highest BCUT2D eigenvalue weighted by Crippen LogP contribution is 2.38. The van der Waals surface area contributed by atoms with Crippen molar-refractivity contribution < 1.29 is 24.1 Å². The number of ether oxygens (including phenoxy) is 3. The van der Waals surface area contributed by atoms with Gasteiger partial charge < -0.3 is 24.6 Å². The van der Waals surface area contributed by atoms with Gasteiger partial charge in [-0.05, 0) is 19.5 Å². The second-order valence-electron chi connectivity index (χ2n) is 4.20. The number of carbonyl (C=O) groups is 1. The molecule has 0 spiro atoms. The van der Waals surface area contributed by atoms with Crippen molar-refractivity contribution in [3.05, 3.63) is 17.7 Å². The first-order valence-corrected chi connectivity index (χ1v) is 6.12. The molecule has 1 heterocycles. The van der Waals surface area contributed by atoms with Crippen LogP contribution in [0.1, 0.15) is 18.9 Å². The van der Waals surface area contributed by atoms with Crippen molar-refractivity contribution in [1.82, 2.24) is 5.32 Å². The van der Waals surface area contributed by atoms with Gasteiger partial charge in [0.2, 0.25) is 6.79 Å². The van der Waals surface area contributed by atoms with E-state index in [1.54, 1.807) is 13.0 Å². The summed E-state index contributed by atoms with van der Waals surface area (Å²) < 4.78 is 16.1. The molecule has 1 aliphatic rings. The summed E-state index contributed by atoms with van der Waals surface area (Å²) in [5, 5.41) is 12.1. The number of carboxylic acids is 1. The standard InChI is InChI=1S/C13H17NO5/c1-3-9(13(15)16)19-10-5-12-11(17-7-18-12)4-8(10)6-14-2/h4-5,9,14H,3,6-7H2,1-2H3,(H,15,16). The van der Waals surface area contributed by atoms with Gasteiger partial charge in [0.25, 0.3) is 0 Å². The van der Waals surface area contributed by atoms with Gasteiger partial charge in [0.05, 0.1) is 0 Å². The molecule has 0 bridgehead atoms. The zero-order chi connectivity index (χ0) is 13.8. The summed E-state index contributed by atoms with van der Waals surface area (Å²) in [5.74, 6) is 0.763. The first kappa shape index (κ1) is 13.5. The van der Waals surface area contributed by atoms with Crippen molar-refractivity contribution in [3.63, 3.8) is 0 Å². The Hall–Kier alpha value is -1.95. The van der Waals surface area contributed by atoms with Gasteiger partial charge in [0, 0.05) is 18.2 Å². The number of hydrogen-bond donors (Lipinski definition) is 2. The summed E-state index contributed by atoms with van der Waals surface area (Å²) in [6, 6.07) is 3.49. The van der Waals surface area contributed by atoms with Gasteiger partial charge >= 0.3 is 5.97 Å². The Kier molecular flexibility index (Phi) is 4.11.